The van der Waals surface area contributed by atoms with Crippen LogP contribution in [0, 0.1) is 5.41 Å². The van der Waals surface area contributed by atoms with Crippen molar-refractivity contribution < 1.29 is 9.90 Å². The molecule has 64 valence electrons. The molecule has 0 atom stereocenters. The molecule has 1 aliphatic carbocycles. The number of aliphatic carboxylic acids is 1. The highest BCUT2D eigenvalue weighted by Gasteiger charge is 2.49. The molecule has 3 heteroatoms. The average Bonchev–Trinajstić information content (AvgIpc) is 2.70. The molecule has 11 heavy (non-hydrogen) atoms. The van der Waals surface area contributed by atoms with Crippen molar-refractivity contribution in [3.63, 3.8) is 0 Å². The number of thioether (sulfide) groups is 1. The highest BCUT2D eigenvalue weighted by Crippen LogP contribution is 2.49. The van der Waals surface area contributed by atoms with Crippen LogP contribution in [0.15, 0.2) is 0 Å². The third-order valence-electron chi connectivity index (χ3n) is 2.31. The summed E-state index contributed by atoms with van der Waals surface area (Å²) in [5.74, 6) is 0.508. The van der Waals surface area contributed by atoms with Gasteiger partial charge in [-0.3, -0.25) is 4.79 Å². The fourth-order valence-corrected chi connectivity index (χ4v) is 1.71. The molecule has 1 aliphatic rings. The number of carboxylic acid groups (broad SMARTS) is 1. The number of carbonyl (C=O) groups is 1. The average molecular weight is 174 g/mol. The van der Waals surface area contributed by atoms with Crippen molar-refractivity contribution in [3.05, 3.63) is 0 Å². The van der Waals surface area contributed by atoms with E-state index in [1.165, 1.54) is 0 Å². The van der Waals surface area contributed by atoms with Crippen molar-refractivity contribution in [2.75, 3.05) is 12.0 Å². The number of hydrogen-bond donors (Lipinski definition) is 1. The van der Waals surface area contributed by atoms with Gasteiger partial charge in [0.1, 0.15) is 0 Å². The van der Waals surface area contributed by atoms with E-state index in [1.54, 1.807) is 11.8 Å². The van der Waals surface area contributed by atoms with Crippen LogP contribution in [0.1, 0.15) is 25.7 Å². The molecule has 1 N–H and O–H groups in total. The van der Waals surface area contributed by atoms with E-state index in [0.29, 0.717) is 0 Å². The van der Waals surface area contributed by atoms with E-state index in [-0.39, 0.29) is 5.41 Å². The summed E-state index contributed by atoms with van der Waals surface area (Å²) < 4.78 is 0. The van der Waals surface area contributed by atoms with Gasteiger partial charge in [0.15, 0.2) is 0 Å². The lowest BCUT2D eigenvalue weighted by Gasteiger charge is -2.07. The molecule has 0 aliphatic heterocycles. The van der Waals surface area contributed by atoms with Gasteiger partial charge in [0.25, 0.3) is 0 Å². The third kappa shape index (κ3) is 2.12. The first-order valence-corrected chi connectivity index (χ1v) is 5.33. The van der Waals surface area contributed by atoms with E-state index < -0.39 is 5.97 Å². The molecule has 0 aromatic carbocycles. The molecule has 0 bridgehead atoms. The zero-order valence-corrected chi connectivity index (χ0v) is 7.62. The van der Waals surface area contributed by atoms with E-state index in [9.17, 15) is 4.79 Å². The maximum Gasteiger partial charge on any atom is 0.309 e. The maximum atomic E-state index is 10.7. The van der Waals surface area contributed by atoms with Gasteiger partial charge in [-0.1, -0.05) is 0 Å². The van der Waals surface area contributed by atoms with Gasteiger partial charge < -0.3 is 5.11 Å². The van der Waals surface area contributed by atoms with Crippen LogP contribution in [0.4, 0.5) is 0 Å². The van der Waals surface area contributed by atoms with E-state index in [4.69, 9.17) is 5.11 Å². The number of rotatable bonds is 5. The minimum Gasteiger partial charge on any atom is -0.481 e. The fourth-order valence-electron chi connectivity index (χ4n) is 1.28. The lowest BCUT2D eigenvalue weighted by molar-refractivity contribution is -0.143. The largest absolute Gasteiger partial charge is 0.481 e. The monoisotopic (exact) mass is 174 g/mol. The summed E-state index contributed by atoms with van der Waals surface area (Å²) in [6.45, 7) is 0. The molecule has 0 spiro atoms. The van der Waals surface area contributed by atoms with Crippen molar-refractivity contribution in [1.29, 1.82) is 0 Å². The maximum absolute atomic E-state index is 10.7. The van der Waals surface area contributed by atoms with Gasteiger partial charge >= 0.3 is 5.97 Å². The molecular formula is C8H14O2S. The van der Waals surface area contributed by atoms with E-state index in [0.717, 1.165) is 31.4 Å². The van der Waals surface area contributed by atoms with E-state index >= 15 is 0 Å². The Morgan fingerprint density at radius 3 is 2.64 bits per heavy atom. The summed E-state index contributed by atoms with van der Waals surface area (Å²) in [4.78, 5) is 10.7. The molecule has 0 aromatic heterocycles. The van der Waals surface area contributed by atoms with Gasteiger partial charge in [-0.25, -0.2) is 0 Å². The van der Waals surface area contributed by atoms with Crippen LogP contribution in [0.25, 0.3) is 0 Å². The Morgan fingerprint density at radius 2 is 2.27 bits per heavy atom. The van der Waals surface area contributed by atoms with Crippen LogP contribution < -0.4 is 0 Å². The van der Waals surface area contributed by atoms with Crippen LogP contribution in [0.2, 0.25) is 0 Å². The molecule has 0 radical (unpaired) electrons. The van der Waals surface area contributed by atoms with Crippen LogP contribution in [0.5, 0.6) is 0 Å². The standard InChI is InChI=1S/C8H14O2S/c1-11-6-2-3-8(4-5-8)7(9)10/h2-6H2,1H3,(H,9,10). The van der Waals surface area contributed by atoms with Gasteiger partial charge in [-0.15, -0.1) is 0 Å². The highest BCUT2D eigenvalue weighted by atomic mass is 32.2. The fraction of sp³-hybridized carbons (Fsp3) is 0.875. The Kier molecular flexibility index (Phi) is 2.82. The normalized spacial score (nSPS) is 19.7. The second kappa shape index (κ2) is 3.48. The third-order valence-corrected chi connectivity index (χ3v) is 3.01. The molecule has 2 nitrogen and oxygen atoms in total. The van der Waals surface area contributed by atoms with Crippen molar-refractivity contribution in [2.24, 2.45) is 5.41 Å². The second-order valence-corrected chi connectivity index (χ2v) is 4.17. The van der Waals surface area contributed by atoms with Crippen LogP contribution in [0.3, 0.4) is 0 Å². The summed E-state index contributed by atoms with van der Waals surface area (Å²) in [6.07, 6.45) is 5.78. The van der Waals surface area contributed by atoms with Crippen molar-refractivity contribution in [2.45, 2.75) is 25.7 Å². The Bertz CT molecular complexity index is 152. The van der Waals surface area contributed by atoms with Crippen molar-refractivity contribution >= 4 is 17.7 Å². The quantitative estimate of drug-likeness (QED) is 0.648. The molecule has 0 saturated heterocycles. The molecule has 1 fully saturated rings. The minimum absolute atomic E-state index is 0.296. The minimum atomic E-state index is -0.585. The topological polar surface area (TPSA) is 37.3 Å². The molecule has 1 saturated carbocycles. The van der Waals surface area contributed by atoms with E-state index in [2.05, 4.69) is 6.26 Å². The van der Waals surface area contributed by atoms with Crippen molar-refractivity contribution in [3.8, 4) is 0 Å². The smallest absolute Gasteiger partial charge is 0.309 e. The van der Waals surface area contributed by atoms with Gasteiger partial charge in [0.2, 0.25) is 0 Å². The summed E-state index contributed by atoms with van der Waals surface area (Å²) >= 11 is 1.79. The van der Waals surface area contributed by atoms with E-state index in [1.807, 2.05) is 0 Å². The van der Waals surface area contributed by atoms with Gasteiger partial charge in [0.05, 0.1) is 5.41 Å². The summed E-state index contributed by atoms with van der Waals surface area (Å²) in [5.41, 5.74) is -0.296. The Balaban J connectivity index is 2.20. The van der Waals surface area contributed by atoms with Gasteiger partial charge in [0, 0.05) is 0 Å². The molecule has 0 unspecified atom stereocenters. The summed E-state index contributed by atoms with van der Waals surface area (Å²) in [6, 6.07) is 0. The lowest BCUT2D eigenvalue weighted by atomic mass is 10.0. The van der Waals surface area contributed by atoms with Crippen molar-refractivity contribution in [1.82, 2.24) is 0 Å². The predicted molar refractivity (Wildman–Crippen MR) is 46.9 cm³/mol. The molecule has 0 heterocycles. The molecule has 0 aromatic rings. The number of hydrogen-bond acceptors (Lipinski definition) is 2. The SMILES string of the molecule is CSCCCC1(C(=O)O)CC1. The Morgan fingerprint density at radius 1 is 1.64 bits per heavy atom. The summed E-state index contributed by atoms with van der Waals surface area (Å²) in [5, 5.41) is 8.80. The van der Waals surface area contributed by atoms with Gasteiger partial charge in [-0.05, 0) is 37.7 Å². The molecule has 1 rings (SSSR count). The summed E-state index contributed by atoms with van der Waals surface area (Å²) in [7, 11) is 0. The highest BCUT2D eigenvalue weighted by molar-refractivity contribution is 7.98. The van der Waals surface area contributed by atoms with Gasteiger partial charge in [-0.2, -0.15) is 11.8 Å². The first kappa shape index (κ1) is 8.91. The van der Waals surface area contributed by atoms with Crippen LogP contribution >= 0.6 is 11.8 Å². The Hall–Kier alpha value is -0.180. The first-order chi connectivity index (χ1) is 5.21. The molecule has 0 amide bonds. The van der Waals surface area contributed by atoms with Crippen LogP contribution in [-0.2, 0) is 4.79 Å². The number of carboxylic acids is 1. The zero-order chi connectivity index (χ0) is 8.32. The lowest BCUT2D eigenvalue weighted by Crippen LogP contribution is -2.14. The first-order valence-electron chi connectivity index (χ1n) is 3.94. The molecular weight excluding hydrogens is 160 g/mol. The van der Waals surface area contributed by atoms with Crippen LogP contribution in [-0.4, -0.2) is 23.1 Å². The zero-order valence-electron chi connectivity index (χ0n) is 6.80. The second-order valence-electron chi connectivity index (χ2n) is 3.18. The predicted octanol–water partition coefficient (Wildman–Crippen LogP) is 1.99. The Labute approximate surface area is 71.4 Å².